The second-order valence-corrected chi connectivity index (χ2v) is 3.09. The summed E-state index contributed by atoms with van der Waals surface area (Å²) in [6, 6.07) is 6.87. The lowest BCUT2D eigenvalue weighted by Gasteiger charge is -2.21. The Morgan fingerprint density at radius 2 is 2.14 bits per heavy atom. The van der Waals surface area contributed by atoms with Gasteiger partial charge in [0.2, 0.25) is 6.10 Å². The van der Waals surface area contributed by atoms with Crippen molar-refractivity contribution in [3.05, 3.63) is 35.4 Å². The van der Waals surface area contributed by atoms with Crippen LogP contribution >= 0.6 is 0 Å². The largest absolute Gasteiger partial charge is 0.478 e. The van der Waals surface area contributed by atoms with Crippen molar-refractivity contribution in [1.82, 2.24) is 0 Å². The molecule has 0 unspecified atom stereocenters. The Hall–Kier alpha value is -1.84. The second kappa shape index (κ2) is 3.14. The first-order valence-electron chi connectivity index (χ1n) is 4.20. The maximum Gasteiger partial charge on any atom is 0.345 e. The van der Waals surface area contributed by atoms with E-state index in [0.29, 0.717) is 5.56 Å². The highest BCUT2D eigenvalue weighted by molar-refractivity contribution is 5.94. The minimum absolute atomic E-state index is 0.247. The minimum Gasteiger partial charge on any atom is -0.478 e. The highest BCUT2D eigenvalue weighted by Gasteiger charge is 2.30. The number of carbonyl (C=O) groups excluding carboxylic acids is 1. The molecule has 0 amide bonds. The van der Waals surface area contributed by atoms with Gasteiger partial charge in [0.25, 0.3) is 0 Å². The second-order valence-electron chi connectivity index (χ2n) is 3.09. The number of hydrogen-bond donors (Lipinski definition) is 1. The molecule has 0 aromatic heterocycles. The summed E-state index contributed by atoms with van der Waals surface area (Å²) in [7, 11) is 0. The topological polar surface area (TPSA) is 63.6 Å². The number of carboxylic acid groups (broad SMARTS) is 1. The van der Waals surface area contributed by atoms with Crippen molar-refractivity contribution in [2.45, 2.75) is 12.5 Å². The Balaban J connectivity index is 2.38. The van der Waals surface area contributed by atoms with Crippen LogP contribution in [0.15, 0.2) is 24.3 Å². The van der Waals surface area contributed by atoms with E-state index < -0.39 is 18.0 Å². The van der Waals surface area contributed by atoms with Crippen molar-refractivity contribution in [3.8, 4) is 0 Å². The molecule has 14 heavy (non-hydrogen) atoms. The molecule has 0 radical (unpaired) electrons. The zero-order valence-corrected chi connectivity index (χ0v) is 7.27. The van der Waals surface area contributed by atoms with Gasteiger partial charge in [0.05, 0.1) is 5.56 Å². The van der Waals surface area contributed by atoms with Crippen LogP contribution in [0, 0.1) is 0 Å². The van der Waals surface area contributed by atoms with E-state index in [1.807, 2.05) is 0 Å². The average molecular weight is 192 g/mol. The third-order valence-corrected chi connectivity index (χ3v) is 2.17. The molecular weight excluding hydrogens is 184 g/mol. The van der Waals surface area contributed by atoms with Crippen LogP contribution in [0.5, 0.6) is 0 Å². The van der Waals surface area contributed by atoms with Crippen LogP contribution < -0.4 is 0 Å². The molecule has 0 aliphatic carbocycles. The van der Waals surface area contributed by atoms with Gasteiger partial charge in [-0.3, -0.25) is 0 Å². The Morgan fingerprint density at radius 3 is 2.86 bits per heavy atom. The maximum atomic E-state index is 11.3. The van der Waals surface area contributed by atoms with Gasteiger partial charge in [-0.25, -0.2) is 9.59 Å². The van der Waals surface area contributed by atoms with E-state index in [9.17, 15) is 9.59 Å². The van der Waals surface area contributed by atoms with E-state index >= 15 is 0 Å². The minimum atomic E-state index is -1.10. The van der Waals surface area contributed by atoms with Gasteiger partial charge >= 0.3 is 11.9 Å². The zero-order valence-electron chi connectivity index (χ0n) is 7.27. The first kappa shape index (κ1) is 8.74. The number of esters is 1. The van der Waals surface area contributed by atoms with E-state index in [1.165, 1.54) is 0 Å². The summed E-state index contributed by atoms with van der Waals surface area (Å²) >= 11 is 0. The summed E-state index contributed by atoms with van der Waals surface area (Å²) in [5.74, 6) is -1.66. The predicted molar refractivity (Wildman–Crippen MR) is 47.0 cm³/mol. The molecule has 2 rings (SSSR count). The summed E-state index contributed by atoms with van der Waals surface area (Å²) in [5.41, 5.74) is 1.20. The van der Waals surface area contributed by atoms with Crippen molar-refractivity contribution < 1.29 is 19.4 Å². The highest BCUT2D eigenvalue weighted by Crippen LogP contribution is 2.20. The molecule has 1 aliphatic rings. The Bertz CT molecular complexity index is 397. The highest BCUT2D eigenvalue weighted by atomic mass is 16.6. The SMILES string of the molecule is O=C1O[C@H](C(=O)O)Cc2ccccc21. The number of hydrogen-bond acceptors (Lipinski definition) is 3. The van der Waals surface area contributed by atoms with Gasteiger partial charge in [-0.15, -0.1) is 0 Å². The molecule has 0 spiro atoms. The van der Waals surface area contributed by atoms with Crippen molar-refractivity contribution in [1.29, 1.82) is 0 Å². The van der Waals surface area contributed by atoms with Crippen LogP contribution in [0.1, 0.15) is 15.9 Å². The van der Waals surface area contributed by atoms with Crippen molar-refractivity contribution in [3.63, 3.8) is 0 Å². The van der Waals surface area contributed by atoms with Crippen molar-refractivity contribution in [2.24, 2.45) is 0 Å². The van der Waals surface area contributed by atoms with Gasteiger partial charge in [-0.05, 0) is 11.6 Å². The fourth-order valence-electron chi connectivity index (χ4n) is 1.47. The smallest absolute Gasteiger partial charge is 0.345 e. The number of cyclic esters (lactones) is 1. The van der Waals surface area contributed by atoms with Crippen LogP contribution in [0.25, 0.3) is 0 Å². The van der Waals surface area contributed by atoms with E-state index in [4.69, 9.17) is 9.84 Å². The molecule has 1 heterocycles. The van der Waals surface area contributed by atoms with Crippen LogP contribution in [0.2, 0.25) is 0 Å². The molecule has 0 saturated heterocycles. The lowest BCUT2D eigenvalue weighted by Crippen LogP contribution is -2.33. The summed E-state index contributed by atoms with van der Waals surface area (Å²) in [6.07, 6.45) is -0.797. The standard InChI is InChI=1S/C10H8O4/c11-9(12)8-5-6-3-1-2-4-7(6)10(13)14-8/h1-4,8H,5H2,(H,11,12)/t8-/m0/s1. The zero-order chi connectivity index (χ0) is 10.1. The van der Waals surface area contributed by atoms with Crippen molar-refractivity contribution in [2.75, 3.05) is 0 Å². The number of carboxylic acids is 1. The molecule has 0 fully saturated rings. The Morgan fingerprint density at radius 1 is 1.43 bits per heavy atom. The van der Waals surface area contributed by atoms with E-state index in [2.05, 4.69) is 0 Å². The lowest BCUT2D eigenvalue weighted by atomic mass is 9.99. The third kappa shape index (κ3) is 1.35. The van der Waals surface area contributed by atoms with Gasteiger partial charge in [0, 0.05) is 6.42 Å². The normalized spacial score (nSPS) is 19.7. The van der Waals surface area contributed by atoms with Crippen molar-refractivity contribution >= 4 is 11.9 Å². The monoisotopic (exact) mass is 192 g/mol. The molecule has 1 aliphatic heterocycles. The summed E-state index contributed by atoms with van der Waals surface area (Å²) in [6.45, 7) is 0. The quantitative estimate of drug-likeness (QED) is 0.670. The third-order valence-electron chi connectivity index (χ3n) is 2.17. The number of aliphatic carboxylic acids is 1. The first-order valence-corrected chi connectivity index (χ1v) is 4.20. The van der Waals surface area contributed by atoms with Crippen LogP contribution in [-0.4, -0.2) is 23.1 Å². The summed E-state index contributed by atoms with van der Waals surface area (Å²) in [5, 5.41) is 8.70. The molecule has 1 aromatic carbocycles. The fraction of sp³-hybridized carbons (Fsp3) is 0.200. The number of benzene rings is 1. The number of rotatable bonds is 1. The summed E-state index contributed by atoms with van der Waals surface area (Å²) < 4.78 is 4.74. The Kier molecular flexibility index (Phi) is 1.96. The van der Waals surface area contributed by atoms with Crippen LogP contribution in [-0.2, 0) is 16.0 Å². The van der Waals surface area contributed by atoms with Gasteiger partial charge < -0.3 is 9.84 Å². The predicted octanol–water partition coefficient (Wildman–Crippen LogP) is 0.853. The maximum absolute atomic E-state index is 11.3. The molecule has 0 saturated carbocycles. The van der Waals surface area contributed by atoms with Gasteiger partial charge in [0.1, 0.15) is 0 Å². The molecule has 4 heteroatoms. The van der Waals surface area contributed by atoms with Gasteiger partial charge in [-0.1, -0.05) is 18.2 Å². The number of fused-ring (bicyclic) bond motifs is 1. The fourth-order valence-corrected chi connectivity index (χ4v) is 1.47. The van der Waals surface area contributed by atoms with Gasteiger partial charge in [0.15, 0.2) is 0 Å². The molecule has 1 aromatic rings. The van der Waals surface area contributed by atoms with E-state index in [1.54, 1.807) is 24.3 Å². The number of carbonyl (C=O) groups is 2. The van der Waals surface area contributed by atoms with Crippen LogP contribution in [0.3, 0.4) is 0 Å². The number of ether oxygens (including phenoxy) is 1. The molecule has 72 valence electrons. The lowest BCUT2D eigenvalue weighted by molar-refractivity contribution is -0.147. The van der Waals surface area contributed by atoms with E-state index in [0.717, 1.165) is 5.56 Å². The first-order chi connectivity index (χ1) is 6.68. The Labute approximate surface area is 80.1 Å². The molecule has 4 nitrogen and oxygen atoms in total. The molecular formula is C10H8O4. The molecule has 1 atom stereocenters. The van der Waals surface area contributed by atoms with Gasteiger partial charge in [-0.2, -0.15) is 0 Å². The summed E-state index contributed by atoms with van der Waals surface area (Å²) in [4.78, 5) is 21.9. The van der Waals surface area contributed by atoms with Crippen LogP contribution in [0.4, 0.5) is 0 Å². The molecule has 1 N–H and O–H groups in total. The average Bonchev–Trinajstić information content (AvgIpc) is 2.17. The molecule has 0 bridgehead atoms. The van der Waals surface area contributed by atoms with E-state index in [-0.39, 0.29) is 6.42 Å².